The molecule has 0 spiro atoms. The van der Waals surface area contributed by atoms with Crippen LogP contribution in [0.4, 0.5) is 4.79 Å². The highest BCUT2D eigenvalue weighted by atomic mass is 35.5. The predicted octanol–water partition coefficient (Wildman–Crippen LogP) is 3.52. The number of benzene rings is 2. The number of imide groups is 1. The van der Waals surface area contributed by atoms with Gasteiger partial charge in [-0.2, -0.15) is 0 Å². The average molecular weight is 387 g/mol. The Balaban J connectivity index is 1.97. The Morgan fingerprint density at radius 2 is 1.93 bits per heavy atom. The van der Waals surface area contributed by atoms with Crippen molar-refractivity contribution < 1.29 is 19.1 Å². The zero-order valence-corrected chi connectivity index (χ0v) is 16.0. The lowest BCUT2D eigenvalue weighted by Gasteiger charge is -2.23. The Morgan fingerprint density at radius 1 is 1.22 bits per heavy atom. The lowest BCUT2D eigenvalue weighted by molar-refractivity contribution is -0.131. The maximum atomic E-state index is 13.1. The van der Waals surface area contributed by atoms with E-state index in [2.05, 4.69) is 5.32 Å². The van der Waals surface area contributed by atoms with Crippen LogP contribution in [0.5, 0.6) is 5.75 Å². The molecule has 1 aliphatic rings. The van der Waals surface area contributed by atoms with Crippen molar-refractivity contribution in [1.82, 2.24) is 10.2 Å². The third-order valence-electron chi connectivity index (χ3n) is 4.70. The van der Waals surface area contributed by atoms with E-state index in [-0.39, 0.29) is 12.3 Å². The minimum absolute atomic E-state index is 0.0188. The van der Waals surface area contributed by atoms with Crippen LogP contribution in [0, 0.1) is 0 Å². The van der Waals surface area contributed by atoms with Crippen LogP contribution in [0.1, 0.15) is 35.3 Å². The molecule has 140 valence electrons. The fourth-order valence-corrected chi connectivity index (χ4v) is 3.51. The number of methoxy groups -OCH3 is 1. The molecule has 0 aromatic heterocycles. The van der Waals surface area contributed by atoms with Gasteiger partial charge in [0.25, 0.3) is 5.91 Å². The number of Topliss-reactive ketones (excluding diaryl/α,β-unsaturated/α-hetero) is 1. The molecule has 2 aromatic rings. The molecule has 3 amide bonds. The van der Waals surface area contributed by atoms with Crippen molar-refractivity contribution in [2.24, 2.45) is 0 Å². The van der Waals surface area contributed by atoms with Crippen LogP contribution in [-0.2, 0) is 16.9 Å². The molecule has 27 heavy (non-hydrogen) atoms. The second-order valence-corrected chi connectivity index (χ2v) is 6.92. The van der Waals surface area contributed by atoms with E-state index in [0.717, 1.165) is 4.90 Å². The normalized spacial score (nSPS) is 19.2. The van der Waals surface area contributed by atoms with Crippen LogP contribution < -0.4 is 10.1 Å². The molecule has 0 saturated carbocycles. The molecule has 0 aliphatic carbocycles. The standard InChI is InChI=1S/C20H19ClN2O4/c1-12(24)13-8-9-17(27-3)14(10-13)11-23-18(25)20(2,22-19(23)26)15-6-4-5-7-16(15)21/h4-10H,11H2,1-3H3,(H,22,26)/t20-/m0/s1. The predicted molar refractivity (Wildman–Crippen MR) is 101 cm³/mol. The lowest BCUT2D eigenvalue weighted by Crippen LogP contribution is -2.41. The first kappa shape index (κ1) is 18.9. The van der Waals surface area contributed by atoms with Crippen LogP contribution >= 0.6 is 11.6 Å². The fraction of sp³-hybridized carbons (Fsp3) is 0.250. The Morgan fingerprint density at radius 3 is 2.56 bits per heavy atom. The van der Waals surface area contributed by atoms with Gasteiger partial charge in [-0.1, -0.05) is 29.8 Å². The smallest absolute Gasteiger partial charge is 0.325 e. The van der Waals surface area contributed by atoms with Gasteiger partial charge >= 0.3 is 6.03 Å². The van der Waals surface area contributed by atoms with E-state index in [0.29, 0.717) is 27.5 Å². The summed E-state index contributed by atoms with van der Waals surface area (Å²) in [7, 11) is 1.49. The largest absolute Gasteiger partial charge is 0.496 e. The van der Waals surface area contributed by atoms with E-state index in [1.54, 1.807) is 49.4 Å². The zero-order valence-electron chi connectivity index (χ0n) is 15.2. The van der Waals surface area contributed by atoms with Crippen molar-refractivity contribution in [3.8, 4) is 5.75 Å². The molecule has 1 heterocycles. The summed E-state index contributed by atoms with van der Waals surface area (Å²) in [4.78, 5) is 38.4. The van der Waals surface area contributed by atoms with Crippen molar-refractivity contribution in [1.29, 1.82) is 0 Å². The summed E-state index contributed by atoms with van der Waals surface area (Å²) in [6, 6.07) is 11.3. The molecule has 3 rings (SSSR count). The SMILES string of the molecule is COc1ccc(C(C)=O)cc1CN1C(=O)N[C@@](C)(c2ccccc2Cl)C1=O. The van der Waals surface area contributed by atoms with Gasteiger partial charge < -0.3 is 10.1 Å². The second kappa shape index (κ2) is 7.04. The van der Waals surface area contributed by atoms with Crippen LogP contribution in [0.25, 0.3) is 0 Å². The molecular formula is C20H19ClN2O4. The number of rotatable bonds is 5. The molecule has 0 unspecified atom stereocenters. The third kappa shape index (κ3) is 3.28. The quantitative estimate of drug-likeness (QED) is 0.630. The molecule has 1 saturated heterocycles. The minimum atomic E-state index is -1.26. The van der Waals surface area contributed by atoms with E-state index in [1.807, 2.05) is 0 Å². The number of ketones is 1. The van der Waals surface area contributed by atoms with Gasteiger partial charge in [0, 0.05) is 21.7 Å². The lowest BCUT2D eigenvalue weighted by atomic mass is 9.92. The van der Waals surface area contributed by atoms with E-state index < -0.39 is 17.5 Å². The average Bonchev–Trinajstić information content (AvgIpc) is 2.85. The first-order chi connectivity index (χ1) is 12.8. The maximum Gasteiger partial charge on any atom is 0.325 e. The zero-order chi connectivity index (χ0) is 19.8. The molecule has 2 aromatic carbocycles. The number of ether oxygens (including phenoxy) is 1. The second-order valence-electron chi connectivity index (χ2n) is 6.51. The molecule has 1 atom stereocenters. The first-order valence-electron chi connectivity index (χ1n) is 8.35. The Labute approximate surface area is 162 Å². The Kier molecular flexibility index (Phi) is 4.93. The summed E-state index contributed by atoms with van der Waals surface area (Å²) in [5.74, 6) is -0.0418. The molecule has 0 radical (unpaired) electrons. The molecule has 7 heteroatoms. The van der Waals surface area contributed by atoms with Crippen molar-refractivity contribution in [2.75, 3.05) is 7.11 Å². The molecule has 0 bridgehead atoms. The highest BCUT2D eigenvalue weighted by Crippen LogP contribution is 2.34. The van der Waals surface area contributed by atoms with Gasteiger partial charge in [-0.25, -0.2) is 4.79 Å². The molecule has 6 nitrogen and oxygen atoms in total. The van der Waals surface area contributed by atoms with Crippen molar-refractivity contribution in [2.45, 2.75) is 25.9 Å². The van der Waals surface area contributed by atoms with Crippen molar-refractivity contribution >= 4 is 29.3 Å². The van der Waals surface area contributed by atoms with Crippen LogP contribution in [0.3, 0.4) is 0 Å². The Hall–Kier alpha value is -2.86. The van der Waals surface area contributed by atoms with Gasteiger partial charge in [0.05, 0.1) is 13.7 Å². The van der Waals surface area contributed by atoms with E-state index >= 15 is 0 Å². The van der Waals surface area contributed by atoms with Gasteiger partial charge in [-0.05, 0) is 38.1 Å². The summed E-state index contributed by atoms with van der Waals surface area (Å²) in [6.45, 7) is 3.06. The molecule has 1 fully saturated rings. The number of hydrogen-bond acceptors (Lipinski definition) is 4. The fourth-order valence-electron chi connectivity index (χ4n) is 3.18. The maximum absolute atomic E-state index is 13.1. The molecule has 1 N–H and O–H groups in total. The molecular weight excluding hydrogens is 368 g/mol. The van der Waals surface area contributed by atoms with Gasteiger partial charge in [0.1, 0.15) is 11.3 Å². The highest BCUT2D eigenvalue weighted by molar-refractivity contribution is 6.32. The monoisotopic (exact) mass is 386 g/mol. The summed E-state index contributed by atoms with van der Waals surface area (Å²) in [5.41, 5.74) is 0.307. The minimum Gasteiger partial charge on any atom is -0.496 e. The summed E-state index contributed by atoms with van der Waals surface area (Å²) >= 11 is 6.24. The van der Waals surface area contributed by atoms with Gasteiger partial charge in [-0.3, -0.25) is 14.5 Å². The Bertz CT molecular complexity index is 943. The highest BCUT2D eigenvalue weighted by Gasteiger charge is 2.49. The van der Waals surface area contributed by atoms with E-state index in [4.69, 9.17) is 16.3 Å². The number of carbonyl (C=O) groups excluding carboxylic acids is 3. The first-order valence-corrected chi connectivity index (χ1v) is 8.72. The number of carbonyl (C=O) groups is 3. The number of amides is 3. The summed E-state index contributed by atoms with van der Waals surface area (Å²) in [6.07, 6.45) is 0. The van der Waals surface area contributed by atoms with E-state index in [9.17, 15) is 14.4 Å². The van der Waals surface area contributed by atoms with Gasteiger partial charge in [0.2, 0.25) is 0 Å². The number of halogens is 1. The number of nitrogens with zero attached hydrogens (tertiary/aromatic N) is 1. The number of nitrogens with one attached hydrogen (secondary N) is 1. The van der Waals surface area contributed by atoms with Crippen molar-refractivity contribution in [3.63, 3.8) is 0 Å². The van der Waals surface area contributed by atoms with Gasteiger partial charge in [0.15, 0.2) is 5.78 Å². The topological polar surface area (TPSA) is 75.7 Å². The summed E-state index contributed by atoms with van der Waals surface area (Å²) in [5, 5.41) is 3.12. The molecule has 1 aliphatic heterocycles. The van der Waals surface area contributed by atoms with Crippen molar-refractivity contribution in [3.05, 3.63) is 64.2 Å². The van der Waals surface area contributed by atoms with Crippen LogP contribution in [0.2, 0.25) is 5.02 Å². The summed E-state index contributed by atoms with van der Waals surface area (Å²) < 4.78 is 5.31. The van der Waals surface area contributed by atoms with Crippen LogP contribution in [-0.4, -0.2) is 29.7 Å². The number of urea groups is 1. The third-order valence-corrected chi connectivity index (χ3v) is 5.03. The van der Waals surface area contributed by atoms with Crippen LogP contribution in [0.15, 0.2) is 42.5 Å². The van der Waals surface area contributed by atoms with E-state index in [1.165, 1.54) is 14.0 Å². The number of hydrogen-bond donors (Lipinski definition) is 1. The van der Waals surface area contributed by atoms with Gasteiger partial charge in [-0.15, -0.1) is 0 Å².